The summed E-state index contributed by atoms with van der Waals surface area (Å²) in [4.78, 5) is 11.7. The summed E-state index contributed by atoms with van der Waals surface area (Å²) in [6, 6.07) is 6.78. The van der Waals surface area contributed by atoms with Gasteiger partial charge in [-0.05, 0) is 17.5 Å². The van der Waals surface area contributed by atoms with E-state index in [0.717, 1.165) is 0 Å². The number of phenols is 1. The Morgan fingerprint density at radius 1 is 1.37 bits per heavy atom. The predicted octanol–water partition coefficient (Wildman–Crippen LogP) is 1.89. The molecule has 0 radical (unpaired) electrons. The van der Waals surface area contributed by atoms with Gasteiger partial charge in [0.1, 0.15) is 11.5 Å². The number of carbonyl (C=O) groups is 1. The topological polar surface area (TPSA) is 76.0 Å². The highest BCUT2D eigenvalue weighted by atomic mass is 16.7. The molecule has 0 saturated heterocycles. The number of rotatable bonds is 1. The summed E-state index contributed by atoms with van der Waals surface area (Å²) in [5.74, 6) is -2.21. The Balaban J connectivity index is 2.47. The highest BCUT2D eigenvalue weighted by Crippen LogP contribution is 2.46. The molecule has 0 aliphatic carbocycles. The number of methoxy groups -OCH3 is 1. The molecule has 3 rings (SSSR count). The molecule has 2 N–H and O–H groups in total. The Morgan fingerprint density at radius 2 is 2.11 bits per heavy atom. The number of phenolic OH excluding ortho intramolecular Hbond substituents is 1. The van der Waals surface area contributed by atoms with Gasteiger partial charge in [0.2, 0.25) is 5.79 Å². The van der Waals surface area contributed by atoms with Crippen LogP contribution in [0, 0.1) is 0 Å². The maximum absolute atomic E-state index is 11.7. The molecule has 5 nitrogen and oxygen atoms in total. The van der Waals surface area contributed by atoms with E-state index >= 15 is 0 Å². The molecule has 0 unspecified atom stereocenters. The lowest BCUT2D eigenvalue weighted by Gasteiger charge is -2.18. The van der Waals surface area contributed by atoms with Crippen LogP contribution in [-0.4, -0.2) is 23.3 Å². The Labute approximate surface area is 109 Å². The number of hydrogen-bond donors (Lipinski definition) is 2. The number of aliphatic hydroxyl groups is 1. The van der Waals surface area contributed by atoms with Crippen LogP contribution in [0.25, 0.3) is 10.8 Å². The van der Waals surface area contributed by atoms with E-state index < -0.39 is 11.8 Å². The number of esters is 1. The van der Waals surface area contributed by atoms with Gasteiger partial charge < -0.3 is 19.7 Å². The van der Waals surface area contributed by atoms with Crippen LogP contribution in [0.15, 0.2) is 24.3 Å². The van der Waals surface area contributed by atoms with Crippen molar-refractivity contribution in [3.05, 3.63) is 35.4 Å². The van der Waals surface area contributed by atoms with Gasteiger partial charge in [-0.2, -0.15) is 0 Å². The molecule has 1 atom stereocenters. The van der Waals surface area contributed by atoms with Crippen LogP contribution in [0.5, 0.6) is 11.5 Å². The van der Waals surface area contributed by atoms with Crippen molar-refractivity contribution in [3.8, 4) is 11.5 Å². The Kier molecular flexibility index (Phi) is 2.24. The number of benzene rings is 2. The molecule has 2 aromatic rings. The Hall–Kier alpha value is -2.27. The van der Waals surface area contributed by atoms with Crippen LogP contribution in [0.1, 0.15) is 22.8 Å². The van der Waals surface area contributed by atoms with Crippen molar-refractivity contribution in [2.24, 2.45) is 0 Å². The second-order valence-electron chi connectivity index (χ2n) is 4.58. The van der Waals surface area contributed by atoms with E-state index in [4.69, 9.17) is 9.47 Å². The van der Waals surface area contributed by atoms with Crippen molar-refractivity contribution < 1.29 is 24.5 Å². The van der Waals surface area contributed by atoms with Gasteiger partial charge in [-0.1, -0.05) is 12.1 Å². The molecule has 2 aromatic carbocycles. The summed E-state index contributed by atoms with van der Waals surface area (Å²) in [5, 5.41) is 21.5. The average molecular weight is 260 g/mol. The molecular weight excluding hydrogens is 248 g/mol. The summed E-state index contributed by atoms with van der Waals surface area (Å²) in [7, 11) is 1.49. The van der Waals surface area contributed by atoms with Crippen LogP contribution in [0.3, 0.4) is 0 Å². The van der Waals surface area contributed by atoms with Crippen molar-refractivity contribution in [1.29, 1.82) is 0 Å². The molecule has 0 saturated carbocycles. The molecule has 1 heterocycles. The fourth-order valence-electron chi connectivity index (χ4n) is 2.49. The van der Waals surface area contributed by atoms with Crippen LogP contribution >= 0.6 is 0 Å². The van der Waals surface area contributed by atoms with Crippen molar-refractivity contribution in [2.45, 2.75) is 12.7 Å². The van der Waals surface area contributed by atoms with E-state index in [1.807, 2.05) is 0 Å². The smallest absolute Gasteiger partial charge is 0.341 e. The fraction of sp³-hybridized carbons (Fsp3) is 0.214. The van der Waals surface area contributed by atoms with Gasteiger partial charge in [0.15, 0.2) is 0 Å². The Morgan fingerprint density at radius 3 is 2.79 bits per heavy atom. The number of ether oxygens (including phenoxy) is 2. The first-order valence-corrected chi connectivity index (χ1v) is 5.74. The normalized spacial score (nSPS) is 21.3. The second kappa shape index (κ2) is 3.61. The summed E-state index contributed by atoms with van der Waals surface area (Å²) in [5.41, 5.74) is 0.248. The van der Waals surface area contributed by atoms with Gasteiger partial charge in [-0.3, -0.25) is 0 Å². The molecule has 1 aliphatic heterocycles. The summed E-state index contributed by atoms with van der Waals surface area (Å²) >= 11 is 0. The summed E-state index contributed by atoms with van der Waals surface area (Å²) in [6.45, 7) is 1.32. The number of cyclic esters (lactones) is 1. The Bertz CT molecular complexity index is 703. The van der Waals surface area contributed by atoms with Crippen molar-refractivity contribution in [3.63, 3.8) is 0 Å². The molecule has 0 amide bonds. The third kappa shape index (κ3) is 1.48. The first-order chi connectivity index (χ1) is 8.95. The molecule has 19 heavy (non-hydrogen) atoms. The molecule has 0 aromatic heterocycles. The minimum absolute atomic E-state index is 0.0782. The lowest BCUT2D eigenvalue weighted by atomic mass is 9.96. The monoisotopic (exact) mass is 260 g/mol. The molecule has 0 fully saturated rings. The zero-order valence-electron chi connectivity index (χ0n) is 10.4. The van der Waals surface area contributed by atoms with Crippen LogP contribution in [0.4, 0.5) is 0 Å². The molecule has 1 aliphatic rings. The predicted molar refractivity (Wildman–Crippen MR) is 67.2 cm³/mol. The van der Waals surface area contributed by atoms with Crippen molar-refractivity contribution in [1.82, 2.24) is 0 Å². The number of aromatic hydroxyl groups is 1. The van der Waals surface area contributed by atoms with Gasteiger partial charge in [0, 0.05) is 6.92 Å². The SMILES string of the molecule is COc1cccc2cc3c(c(O)c12)[C@](C)(O)OC3=O. The number of fused-ring (bicyclic) bond motifs is 2. The van der Waals surface area contributed by atoms with E-state index in [1.54, 1.807) is 24.3 Å². The minimum atomic E-state index is -1.83. The minimum Gasteiger partial charge on any atom is -0.507 e. The molecule has 0 spiro atoms. The van der Waals surface area contributed by atoms with Gasteiger partial charge in [-0.15, -0.1) is 0 Å². The molecule has 5 heteroatoms. The standard InChI is InChI=1S/C14H12O5/c1-14(17)11-8(13(16)19-14)6-7-4-3-5-9(18-2)10(7)12(11)15/h3-6,15,17H,1-2H3/t14-/m1/s1. The maximum atomic E-state index is 11.7. The second-order valence-corrected chi connectivity index (χ2v) is 4.58. The molecule has 98 valence electrons. The quantitative estimate of drug-likeness (QED) is 0.766. The number of carbonyl (C=O) groups excluding carboxylic acids is 1. The average Bonchev–Trinajstić information content (AvgIpc) is 2.59. The first-order valence-electron chi connectivity index (χ1n) is 5.74. The highest BCUT2D eigenvalue weighted by Gasteiger charge is 2.43. The van der Waals surface area contributed by atoms with E-state index in [9.17, 15) is 15.0 Å². The van der Waals surface area contributed by atoms with Crippen molar-refractivity contribution >= 4 is 16.7 Å². The van der Waals surface area contributed by atoms with Gasteiger partial charge >= 0.3 is 5.97 Å². The van der Waals surface area contributed by atoms with Crippen LogP contribution < -0.4 is 4.74 Å². The van der Waals surface area contributed by atoms with Crippen molar-refractivity contribution in [2.75, 3.05) is 7.11 Å². The van der Waals surface area contributed by atoms with Crippen LogP contribution in [-0.2, 0) is 10.5 Å². The third-order valence-corrected chi connectivity index (χ3v) is 3.30. The highest BCUT2D eigenvalue weighted by molar-refractivity contribution is 6.04. The summed E-state index contributed by atoms with van der Waals surface area (Å²) in [6.07, 6.45) is 0. The maximum Gasteiger partial charge on any atom is 0.341 e. The van der Waals surface area contributed by atoms with E-state index in [2.05, 4.69) is 0 Å². The summed E-state index contributed by atoms with van der Waals surface area (Å²) < 4.78 is 10.1. The number of hydrogen-bond acceptors (Lipinski definition) is 5. The largest absolute Gasteiger partial charge is 0.507 e. The van der Waals surface area contributed by atoms with E-state index in [1.165, 1.54) is 14.0 Å². The lowest BCUT2D eigenvalue weighted by Crippen LogP contribution is -2.20. The van der Waals surface area contributed by atoms with E-state index in [0.29, 0.717) is 16.5 Å². The zero-order chi connectivity index (χ0) is 13.8. The zero-order valence-corrected chi connectivity index (χ0v) is 10.4. The molecule has 0 bridgehead atoms. The van der Waals surface area contributed by atoms with Gasteiger partial charge in [-0.25, -0.2) is 4.79 Å². The lowest BCUT2D eigenvalue weighted by molar-refractivity contribution is -0.148. The molecular formula is C14H12O5. The fourth-order valence-corrected chi connectivity index (χ4v) is 2.49. The van der Waals surface area contributed by atoms with Crippen LogP contribution in [0.2, 0.25) is 0 Å². The van der Waals surface area contributed by atoms with E-state index in [-0.39, 0.29) is 16.9 Å². The van der Waals surface area contributed by atoms with Gasteiger partial charge in [0.25, 0.3) is 0 Å². The third-order valence-electron chi connectivity index (χ3n) is 3.30. The first kappa shape index (κ1) is 11.8. The van der Waals surface area contributed by atoms with Gasteiger partial charge in [0.05, 0.1) is 23.6 Å².